The van der Waals surface area contributed by atoms with Crippen molar-refractivity contribution >= 4 is 11.7 Å². The molecule has 72 valence electrons. The van der Waals surface area contributed by atoms with Crippen LogP contribution in [0.1, 0.15) is 5.69 Å². The SMILES string of the molecule is COCCNC(=N)c1nonc1N. The van der Waals surface area contributed by atoms with Crippen molar-refractivity contribution in [2.75, 3.05) is 26.0 Å². The topological polar surface area (TPSA) is 110 Å². The number of nitrogens with one attached hydrogen (secondary N) is 2. The smallest absolute Gasteiger partial charge is 0.199 e. The van der Waals surface area contributed by atoms with E-state index < -0.39 is 0 Å². The Hall–Kier alpha value is -1.63. The van der Waals surface area contributed by atoms with Crippen LogP contribution in [0.2, 0.25) is 0 Å². The van der Waals surface area contributed by atoms with Gasteiger partial charge in [-0.2, -0.15) is 0 Å². The van der Waals surface area contributed by atoms with E-state index in [-0.39, 0.29) is 17.3 Å². The maximum Gasteiger partial charge on any atom is 0.199 e. The predicted octanol–water partition coefficient (Wildman–Crippen LogP) is -0.787. The van der Waals surface area contributed by atoms with Crippen LogP contribution in [0.15, 0.2) is 4.63 Å². The lowest BCUT2D eigenvalue weighted by molar-refractivity contribution is 0.204. The lowest BCUT2D eigenvalue weighted by atomic mass is 10.4. The van der Waals surface area contributed by atoms with Crippen molar-refractivity contribution in [3.8, 4) is 0 Å². The van der Waals surface area contributed by atoms with Gasteiger partial charge in [0.05, 0.1) is 6.61 Å². The van der Waals surface area contributed by atoms with Crippen LogP contribution >= 0.6 is 0 Å². The zero-order chi connectivity index (χ0) is 9.68. The number of amidine groups is 1. The first-order valence-corrected chi connectivity index (χ1v) is 3.65. The van der Waals surface area contributed by atoms with Crippen molar-refractivity contribution in [1.29, 1.82) is 5.41 Å². The molecular weight excluding hydrogens is 174 g/mol. The zero-order valence-corrected chi connectivity index (χ0v) is 7.20. The summed E-state index contributed by atoms with van der Waals surface area (Å²) in [5.74, 6) is 0.186. The molecule has 0 spiro atoms. The summed E-state index contributed by atoms with van der Waals surface area (Å²) in [5.41, 5.74) is 5.58. The second-order valence-electron chi connectivity index (χ2n) is 2.29. The van der Waals surface area contributed by atoms with Crippen molar-refractivity contribution in [2.45, 2.75) is 0 Å². The summed E-state index contributed by atoms with van der Waals surface area (Å²) in [4.78, 5) is 0. The molecule has 0 fully saturated rings. The van der Waals surface area contributed by atoms with E-state index in [9.17, 15) is 0 Å². The highest BCUT2D eigenvalue weighted by Crippen LogP contribution is 2.02. The Balaban J connectivity index is 2.45. The number of hydrogen-bond donors (Lipinski definition) is 3. The molecule has 0 amide bonds. The minimum atomic E-state index is 0.0794. The van der Waals surface area contributed by atoms with Crippen LogP contribution < -0.4 is 11.1 Å². The van der Waals surface area contributed by atoms with Crippen molar-refractivity contribution in [3.05, 3.63) is 5.69 Å². The van der Waals surface area contributed by atoms with Crippen LogP contribution in [0.3, 0.4) is 0 Å². The van der Waals surface area contributed by atoms with Crippen molar-refractivity contribution < 1.29 is 9.37 Å². The molecule has 1 rings (SSSR count). The van der Waals surface area contributed by atoms with E-state index in [0.717, 1.165) is 0 Å². The van der Waals surface area contributed by atoms with Gasteiger partial charge in [-0.3, -0.25) is 5.41 Å². The minimum Gasteiger partial charge on any atom is -0.383 e. The monoisotopic (exact) mass is 185 g/mol. The first-order chi connectivity index (χ1) is 6.25. The second kappa shape index (κ2) is 4.41. The van der Waals surface area contributed by atoms with Crippen LogP contribution in [-0.4, -0.2) is 36.4 Å². The molecule has 0 unspecified atom stereocenters. The minimum absolute atomic E-state index is 0.0794. The molecule has 0 aliphatic rings. The first-order valence-electron chi connectivity index (χ1n) is 3.65. The summed E-state index contributed by atoms with van der Waals surface area (Å²) in [6, 6.07) is 0. The maximum absolute atomic E-state index is 7.46. The van der Waals surface area contributed by atoms with E-state index in [4.69, 9.17) is 15.9 Å². The molecule has 0 aliphatic heterocycles. The average molecular weight is 185 g/mol. The quantitative estimate of drug-likeness (QED) is 0.322. The standard InChI is InChI=1S/C6H11N5O2/c1-12-3-2-9-5(7)4-6(8)11-13-10-4/h2-3H2,1H3,(H2,7,9)(H2,8,11). The van der Waals surface area contributed by atoms with Gasteiger partial charge in [-0.25, -0.2) is 4.63 Å². The lowest BCUT2D eigenvalue weighted by Crippen LogP contribution is -2.27. The van der Waals surface area contributed by atoms with E-state index in [1.54, 1.807) is 7.11 Å². The Morgan fingerprint density at radius 2 is 2.46 bits per heavy atom. The predicted molar refractivity (Wildman–Crippen MR) is 45.4 cm³/mol. The summed E-state index contributed by atoms with van der Waals surface area (Å²) in [7, 11) is 1.58. The normalized spacial score (nSPS) is 9.92. The number of methoxy groups -OCH3 is 1. The molecule has 0 atom stereocenters. The number of nitrogens with two attached hydrogens (primary N) is 1. The van der Waals surface area contributed by atoms with Crippen LogP contribution in [-0.2, 0) is 4.74 Å². The van der Waals surface area contributed by atoms with Gasteiger partial charge in [0.1, 0.15) is 0 Å². The summed E-state index contributed by atoms with van der Waals surface area (Å²) in [6.07, 6.45) is 0. The Bertz CT molecular complexity index is 284. The van der Waals surface area contributed by atoms with Gasteiger partial charge in [0, 0.05) is 13.7 Å². The Labute approximate surface area is 74.7 Å². The number of aromatic nitrogens is 2. The molecule has 1 heterocycles. The number of nitrogens with zero attached hydrogens (tertiary/aromatic N) is 2. The molecule has 1 aromatic rings. The molecule has 7 heteroatoms. The third kappa shape index (κ3) is 2.41. The fourth-order valence-corrected chi connectivity index (χ4v) is 0.731. The van der Waals surface area contributed by atoms with Crippen LogP contribution in [0, 0.1) is 5.41 Å². The molecule has 0 radical (unpaired) electrons. The molecular formula is C6H11N5O2. The average Bonchev–Trinajstić information content (AvgIpc) is 2.52. The third-order valence-electron chi connectivity index (χ3n) is 1.36. The second-order valence-corrected chi connectivity index (χ2v) is 2.29. The maximum atomic E-state index is 7.46. The molecule has 0 bridgehead atoms. The highest BCUT2D eigenvalue weighted by atomic mass is 16.6. The van der Waals surface area contributed by atoms with E-state index in [1.165, 1.54) is 0 Å². The molecule has 1 aromatic heterocycles. The molecule has 4 N–H and O–H groups in total. The third-order valence-corrected chi connectivity index (χ3v) is 1.36. The highest BCUT2D eigenvalue weighted by Gasteiger charge is 2.10. The number of anilines is 1. The Morgan fingerprint density at radius 1 is 1.69 bits per heavy atom. The van der Waals surface area contributed by atoms with Crippen LogP contribution in [0.5, 0.6) is 0 Å². The van der Waals surface area contributed by atoms with E-state index in [0.29, 0.717) is 13.2 Å². The molecule has 13 heavy (non-hydrogen) atoms. The van der Waals surface area contributed by atoms with E-state index in [2.05, 4.69) is 20.3 Å². The summed E-state index contributed by atoms with van der Waals surface area (Å²) in [5, 5.41) is 17.0. The lowest BCUT2D eigenvalue weighted by Gasteiger charge is -2.03. The Kier molecular flexibility index (Phi) is 3.21. The van der Waals surface area contributed by atoms with Gasteiger partial charge in [-0.1, -0.05) is 0 Å². The number of nitrogen functional groups attached to an aromatic ring is 1. The molecule has 7 nitrogen and oxygen atoms in total. The van der Waals surface area contributed by atoms with Gasteiger partial charge in [0.2, 0.25) is 0 Å². The molecule has 0 aromatic carbocycles. The van der Waals surface area contributed by atoms with Gasteiger partial charge in [0.15, 0.2) is 17.3 Å². The van der Waals surface area contributed by atoms with Crippen LogP contribution in [0.4, 0.5) is 5.82 Å². The summed E-state index contributed by atoms with van der Waals surface area (Å²) >= 11 is 0. The van der Waals surface area contributed by atoms with Gasteiger partial charge in [0.25, 0.3) is 0 Å². The zero-order valence-electron chi connectivity index (χ0n) is 7.20. The molecule has 0 saturated heterocycles. The molecule has 0 aliphatic carbocycles. The van der Waals surface area contributed by atoms with Gasteiger partial charge >= 0.3 is 0 Å². The van der Waals surface area contributed by atoms with Gasteiger partial charge in [-0.15, -0.1) is 0 Å². The van der Waals surface area contributed by atoms with Crippen molar-refractivity contribution in [1.82, 2.24) is 15.6 Å². The van der Waals surface area contributed by atoms with Gasteiger partial charge in [-0.05, 0) is 10.3 Å². The fourth-order valence-electron chi connectivity index (χ4n) is 0.731. The largest absolute Gasteiger partial charge is 0.383 e. The summed E-state index contributed by atoms with van der Waals surface area (Å²) < 4.78 is 9.13. The number of rotatable bonds is 4. The summed E-state index contributed by atoms with van der Waals surface area (Å²) in [6.45, 7) is 1.02. The van der Waals surface area contributed by atoms with E-state index >= 15 is 0 Å². The molecule has 0 saturated carbocycles. The van der Waals surface area contributed by atoms with Crippen molar-refractivity contribution in [2.24, 2.45) is 0 Å². The fraction of sp³-hybridized carbons (Fsp3) is 0.500. The highest BCUT2D eigenvalue weighted by molar-refractivity contribution is 5.97. The number of hydrogen-bond acceptors (Lipinski definition) is 6. The first kappa shape index (κ1) is 9.46. The Morgan fingerprint density at radius 3 is 3.00 bits per heavy atom. The van der Waals surface area contributed by atoms with Crippen LogP contribution in [0.25, 0.3) is 0 Å². The van der Waals surface area contributed by atoms with Gasteiger partial charge < -0.3 is 15.8 Å². The van der Waals surface area contributed by atoms with Crippen molar-refractivity contribution in [3.63, 3.8) is 0 Å². The van der Waals surface area contributed by atoms with E-state index in [1.807, 2.05) is 0 Å². The number of ether oxygens (including phenoxy) is 1.